The SMILES string of the molecule is O=C(CSC1=NC2(CCCC2)N=C1c1ccccc1)Nc1ccc(Br)cc1. The van der Waals surface area contributed by atoms with Gasteiger partial charge in [-0.05, 0) is 49.9 Å². The third-order valence-electron chi connectivity index (χ3n) is 4.75. The van der Waals surface area contributed by atoms with Crippen LogP contribution in [0.3, 0.4) is 0 Å². The van der Waals surface area contributed by atoms with E-state index in [4.69, 9.17) is 9.98 Å². The Morgan fingerprint density at radius 3 is 2.44 bits per heavy atom. The Kier molecular flexibility index (Phi) is 5.45. The molecule has 2 aromatic rings. The predicted molar refractivity (Wildman–Crippen MR) is 117 cm³/mol. The third-order valence-corrected chi connectivity index (χ3v) is 6.24. The highest BCUT2D eigenvalue weighted by molar-refractivity contribution is 9.10. The minimum absolute atomic E-state index is 0.0372. The van der Waals surface area contributed by atoms with Gasteiger partial charge < -0.3 is 5.32 Å². The van der Waals surface area contributed by atoms with Crippen LogP contribution in [0.2, 0.25) is 0 Å². The van der Waals surface area contributed by atoms with E-state index in [2.05, 4.69) is 33.4 Å². The lowest BCUT2D eigenvalue weighted by Gasteiger charge is -2.14. The second-order valence-corrected chi connectivity index (χ2v) is 8.66. The number of nitrogens with one attached hydrogen (secondary N) is 1. The lowest BCUT2D eigenvalue weighted by Crippen LogP contribution is -2.17. The quantitative estimate of drug-likeness (QED) is 0.700. The van der Waals surface area contributed by atoms with Gasteiger partial charge in [-0.15, -0.1) is 0 Å². The van der Waals surface area contributed by atoms with E-state index in [1.54, 1.807) is 0 Å². The summed E-state index contributed by atoms with van der Waals surface area (Å²) in [6.07, 6.45) is 4.32. The topological polar surface area (TPSA) is 53.8 Å². The summed E-state index contributed by atoms with van der Waals surface area (Å²) < 4.78 is 0.987. The molecule has 4 rings (SSSR count). The average molecular weight is 442 g/mol. The maximum Gasteiger partial charge on any atom is 0.234 e. The molecule has 1 aliphatic heterocycles. The Morgan fingerprint density at radius 1 is 1.04 bits per heavy atom. The van der Waals surface area contributed by atoms with Crippen LogP contribution in [0.4, 0.5) is 5.69 Å². The molecule has 27 heavy (non-hydrogen) atoms. The first kappa shape index (κ1) is 18.4. The highest BCUT2D eigenvalue weighted by atomic mass is 79.9. The van der Waals surface area contributed by atoms with Crippen molar-refractivity contribution in [3.8, 4) is 0 Å². The molecule has 1 saturated carbocycles. The fourth-order valence-electron chi connectivity index (χ4n) is 3.44. The normalized spacial score (nSPS) is 17.7. The largest absolute Gasteiger partial charge is 0.325 e. The monoisotopic (exact) mass is 441 g/mol. The first-order valence-electron chi connectivity index (χ1n) is 9.07. The van der Waals surface area contributed by atoms with Gasteiger partial charge in [0.05, 0.1) is 11.5 Å². The van der Waals surface area contributed by atoms with Gasteiger partial charge in [0, 0.05) is 15.7 Å². The number of thioether (sulfide) groups is 1. The number of carbonyl (C=O) groups excluding carboxylic acids is 1. The molecule has 0 saturated heterocycles. The lowest BCUT2D eigenvalue weighted by molar-refractivity contribution is -0.113. The van der Waals surface area contributed by atoms with E-state index >= 15 is 0 Å². The van der Waals surface area contributed by atoms with Gasteiger partial charge in [0.1, 0.15) is 5.04 Å². The Balaban J connectivity index is 1.47. The number of aliphatic imine (C=N–C) groups is 2. The molecule has 2 aliphatic rings. The van der Waals surface area contributed by atoms with Crippen LogP contribution in [0.1, 0.15) is 31.2 Å². The van der Waals surface area contributed by atoms with E-state index in [0.29, 0.717) is 5.75 Å². The molecule has 1 fully saturated rings. The number of nitrogens with zero attached hydrogens (tertiary/aromatic N) is 2. The number of hydrogen-bond acceptors (Lipinski definition) is 4. The van der Waals surface area contributed by atoms with Crippen molar-refractivity contribution in [3.05, 3.63) is 64.6 Å². The van der Waals surface area contributed by atoms with Gasteiger partial charge in [-0.1, -0.05) is 58.0 Å². The molecule has 1 heterocycles. The molecule has 0 radical (unpaired) electrons. The highest BCUT2D eigenvalue weighted by Crippen LogP contribution is 2.40. The summed E-state index contributed by atoms with van der Waals surface area (Å²) >= 11 is 4.88. The van der Waals surface area contributed by atoms with Crippen molar-refractivity contribution in [2.75, 3.05) is 11.1 Å². The Morgan fingerprint density at radius 2 is 1.74 bits per heavy atom. The van der Waals surface area contributed by atoms with E-state index in [-0.39, 0.29) is 11.6 Å². The van der Waals surface area contributed by atoms with Crippen LogP contribution in [0.25, 0.3) is 0 Å². The smallest absolute Gasteiger partial charge is 0.234 e. The maximum atomic E-state index is 12.4. The number of rotatable bonds is 4. The molecule has 0 unspecified atom stereocenters. The highest BCUT2D eigenvalue weighted by Gasteiger charge is 2.39. The van der Waals surface area contributed by atoms with Crippen molar-refractivity contribution in [3.63, 3.8) is 0 Å². The molecule has 138 valence electrons. The molecule has 0 aromatic heterocycles. The minimum Gasteiger partial charge on any atom is -0.325 e. The first-order chi connectivity index (χ1) is 13.1. The van der Waals surface area contributed by atoms with E-state index in [1.807, 2.05) is 42.5 Å². The Bertz CT molecular complexity index is 887. The van der Waals surface area contributed by atoms with Crippen molar-refractivity contribution in [2.45, 2.75) is 31.3 Å². The van der Waals surface area contributed by atoms with Gasteiger partial charge in [0.25, 0.3) is 0 Å². The second-order valence-electron chi connectivity index (χ2n) is 6.78. The number of halogens is 1. The van der Waals surface area contributed by atoms with Crippen LogP contribution < -0.4 is 5.32 Å². The predicted octanol–water partition coefficient (Wildman–Crippen LogP) is 5.29. The molecule has 1 spiro atoms. The lowest BCUT2D eigenvalue weighted by atomic mass is 10.1. The van der Waals surface area contributed by atoms with Crippen LogP contribution in [0.15, 0.2) is 69.1 Å². The molecule has 6 heteroatoms. The maximum absolute atomic E-state index is 12.4. The standard InChI is InChI=1S/C21H20BrN3OS/c22-16-8-10-17(11-9-16)23-18(26)14-27-20-19(15-6-2-1-3-7-15)24-21(25-20)12-4-5-13-21/h1-3,6-11H,4-5,12-14H2,(H,23,26). The summed E-state index contributed by atoms with van der Waals surface area (Å²) in [4.78, 5) is 22.3. The zero-order valence-corrected chi connectivity index (χ0v) is 17.2. The molecule has 0 bridgehead atoms. The number of hydrogen-bond donors (Lipinski definition) is 1. The number of anilines is 1. The fourth-order valence-corrected chi connectivity index (χ4v) is 4.58. The third kappa shape index (κ3) is 4.33. The first-order valence-corrected chi connectivity index (χ1v) is 10.9. The minimum atomic E-state index is -0.296. The summed E-state index contributed by atoms with van der Waals surface area (Å²) in [5.41, 5.74) is 2.50. The van der Waals surface area contributed by atoms with Crippen LogP contribution >= 0.6 is 27.7 Å². The van der Waals surface area contributed by atoms with Crippen molar-refractivity contribution in [2.24, 2.45) is 9.98 Å². The Labute approximate surface area is 171 Å². The van der Waals surface area contributed by atoms with Crippen molar-refractivity contribution < 1.29 is 4.79 Å². The van der Waals surface area contributed by atoms with E-state index in [0.717, 1.165) is 52.2 Å². The van der Waals surface area contributed by atoms with Gasteiger partial charge >= 0.3 is 0 Å². The van der Waals surface area contributed by atoms with Gasteiger partial charge in [-0.2, -0.15) is 0 Å². The number of benzene rings is 2. The van der Waals surface area contributed by atoms with Crippen LogP contribution in [-0.4, -0.2) is 28.1 Å². The second kappa shape index (κ2) is 7.98. The van der Waals surface area contributed by atoms with Gasteiger partial charge in [0.2, 0.25) is 5.91 Å². The summed E-state index contributed by atoms with van der Waals surface area (Å²) in [5.74, 6) is 0.279. The van der Waals surface area contributed by atoms with Gasteiger partial charge in [-0.25, -0.2) is 4.99 Å². The van der Waals surface area contributed by atoms with Crippen LogP contribution in [0, 0.1) is 0 Å². The van der Waals surface area contributed by atoms with E-state index in [9.17, 15) is 4.79 Å². The number of carbonyl (C=O) groups is 1. The Hall–Kier alpha value is -1.92. The van der Waals surface area contributed by atoms with Crippen molar-refractivity contribution in [1.82, 2.24) is 0 Å². The fraction of sp³-hybridized carbons (Fsp3) is 0.286. The van der Waals surface area contributed by atoms with Crippen LogP contribution in [-0.2, 0) is 4.79 Å². The molecule has 1 N–H and O–H groups in total. The molecular formula is C21H20BrN3OS. The number of amides is 1. The summed E-state index contributed by atoms with van der Waals surface area (Å²) in [7, 11) is 0. The van der Waals surface area contributed by atoms with Gasteiger partial charge in [-0.3, -0.25) is 9.79 Å². The zero-order chi connectivity index (χ0) is 18.7. The van der Waals surface area contributed by atoms with Crippen molar-refractivity contribution in [1.29, 1.82) is 0 Å². The van der Waals surface area contributed by atoms with E-state index in [1.165, 1.54) is 11.8 Å². The van der Waals surface area contributed by atoms with Crippen LogP contribution in [0.5, 0.6) is 0 Å². The van der Waals surface area contributed by atoms with Crippen molar-refractivity contribution >= 4 is 50.0 Å². The summed E-state index contributed by atoms with van der Waals surface area (Å²) in [5, 5.41) is 3.82. The zero-order valence-electron chi connectivity index (χ0n) is 14.8. The molecule has 2 aromatic carbocycles. The summed E-state index contributed by atoms with van der Waals surface area (Å²) in [6, 6.07) is 17.7. The van der Waals surface area contributed by atoms with Gasteiger partial charge in [0.15, 0.2) is 5.66 Å². The molecule has 1 amide bonds. The molecule has 4 nitrogen and oxygen atoms in total. The molecule has 0 atom stereocenters. The molecular weight excluding hydrogens is 422 g/mol. The molecule has 1 aliphatic carbocycles. The summed E-state index contributed by atoms with van der Waals surface area (Å²) in [6.45, 7) is 0. The average Bonchev–Trinajstić information content (AvgIpc) is 3.30. The van der Waals surface area contributed by atoms with E-state index < -0.39 is 0 Å².